The molecule has 0 bridgehead atoms. The third-order valence-electron chi connectivity index (χ3n) is 4.78. The fraction of sp³-hybridized carbons (Fsp3) is 0.381. The van der Waals surface area contributed by atoms with Crippen molar-refractivity contribution in [3.63, 3.8) is 0 Å². The molecule has 0 aromatic heterocycles. The Morgan fingerprint density at radius 3 is 2.58 bits per heavy atom. The number of carbonyl (C=O) groups excluding carboxylic acids is 1. The molecule has 2 atom stereocenters. The summed E-state index contributed by atoms with van der Waals surface area (Å²) in [5.41, 5.74) is 2.07. The molecule has 26 heavy (non-hydrogen) atoms. The maximum absolute atomic E-state index is 13.4. The highest BCUT2D eigenvalue weighted by atomic mass is 32.2. The van der Waals surface area contributed by atoms with Gasteiger partial charge in [0.05, 0.1) is 20.1 Å². The van der Waals surface area contributed by atoms with E-state index in [0.29, 0.717) is 11.5 Å². The van der Waals surface area contributed by atoms with Crippen molar-refractivity contribution in [2.45, 2.75) is 24.6 Å². The maximum atomic E-state index is 13.4. The first-order valence-corrected chi connectivity index (χ1v) is 9.94. The fourth-order valence-corrected chi connectivity index (χ4v) is 4.78. The van der Waals surface area contributed by atoms with Crippen molar-refractivity contribution in [1.29, 1.82) is 0 Å². The third kappa shape index (κ3) is 3.54. The van der Waals surface area contributed by atoms with Crippen molar-refractivity contribution in [2.24, 2.45) is 0 Å². The largest absolute Gasteiger partial charge is 0.493 e. The van der Waals surface area contributed by atoms with E-state index in [1.807, 2.05) is 53.4 Å². The molecule has 0 saturated carbocycles. The van der Waals surface area contributed by atoms with Crippen LogP contribution in [0.3, 0.4) is 0 Å². The SMILES string of the molecule is CC[C@H](C(=O)N1CCS[C@H]1c1cccc(OC)c1OC)c1ccccc1. The first kappa shape index (κ1) is 18.6. The van der Waals surface area contributed by atoms with Gasteiger partial charge in [0.1, 0.15) is 5.37 Å². The van der Waals surface area contributed by atoms with Crippen LogP contribution in [-0.4, -0.2) is 37.3 Å². The van der Waals surface area contributed by atoms with Crippen LogP contribution in [0.1, 0.15) is 35.8 Å². The molecule has 1 fully saturated rings. The van der Waals surface area contributed by atoms with E-state index in [-0.39, 0.29) is 17.2 Å². The van der Waals surface area contributed by atoms with E-state index in [4.69, 9.17) is 9.47 Å². The molecular formula is C21H25NO3S. The molecule has 3 rings (SSSR count). The number of carbonyl (C=O) groups is 1. The number of rotatable bonds is 6. The normalized spacial score (nSPS) is 17.8. The molecule has 0 N–H and O–H groups in total. The summed E-state index contributed by atoms with van der Waals surface area (Å²) in [7, 11) is 3.28. The third-order valence-corrected chi connectivity index (χ3v) is 6.02. The zero-order chi connectivity index (χ0) is 18.5. The summed E-state index contributed by atoms with van der Waals surface area (Å²) in [6, 6.07) is 15.9. The summed E-state index contributed by atoms with van der Waals surface area (Å²) in [6.45, 7) is 2.82. The standard InChI is InChI=1S/C21H25NO3S/c1-4-16(15-9-6-5-7-10-15)20(23)22-13-14-26-21(22)17-11-8-12-18(24-2)19(17)25-3/h5-12,16,21H,4,13-14H2,1-3H3/t16-,21-/m0/s1. The van der Waals surface area contributed by atoms with Crippen LogP contribution in [-0.2, 0) is 4.79 Å². The summed E-state index contributed by atoms with van der Waals surface area (Å²) in [5, 5.41) is -0.0506. The van der Waals surface area contributed by atoms with Crippen molar-refractivity contribution in [3.05, 3.63) is 59.7 Å². The molecule has 1 amide bonds. The number of hydrogen-bond acceptors (Lipinski definition) is 4. The highest BCUT2D eigenvalue weighted by Crippen LogP contribution is 2.46. The number of methoxy groups -OCH3 is 2. The molecule has 4 nitrogen and oxygen atoms in total. The van der Waals surface area contributed by atoms with Gasteiger partial charge in [-0.2, -0.15) is 0 Å². The maximum Gasteiger partial charge on any atom is 0.231 e. The molecule has 0 aliphatic carbocycles. The zero-order valence-corrected chi connectivity index (χ0v) is 16.3. The van der Waals surface area contributed by atoms with Gasteiger partial charge in [0, 0.05) is 17.9 Å². The number of benzene rings is 2. The van der Waals surface area contributed by atoms with Crippen LogP contribution in [0, 0.1) is 0 Å². The summed E-state index contributed by atoms with van der Waals surface area (Å²) in [4.78, 5) is 15.3. The molecule has 0 spiro atoms. The molecule has 2 aromatic carbocycles. The number of ether oxygens (including phenoxy) is 2. The van der Waals surface area contributed by atoms with Gasteiger partial charge in [-0.05, 0) is 18.1 Å². The van der Waals surface area contributed by atoms with Gasteiger partial charge in [0.2, 0.25) is 5.91 Å². The van der Waals surface area contributed by atoms with E-state index >= 15 is 0 Å². The van der Waals surface area contributed by atoms with E-state index in [9.17, 15) is 4.79 Å². The molecule has 1 aliphatic rings. The highest BCUT2D eigenvalue weighted by Gasteiger charge is 2.36. The predicted octanol–water partition coefficient (Wildman–Crippen LogP) is 4.47. The monoisotopic (exact) mass is 371 g/mol. The smallest absolute Gasteiger partial charge is 0.231 e. The Bertz CT molecular complexity index is 750. The van der Waals surface area contributed by atoms with Crippen LogP contribution in [0.2, 0.25) is 0 Å². The van der Waals surface area contributed by atoms with Gasteiger partial charge in [-0.25, -0.2) is 0 Å². The average molecular weight is 372 g/mol. The lowest BCUT2D eigenvalue weighted by Gasteiger charge is -2.29. The second-order valence-corrected chi connectivity index (χ2v) is 7.40. The van der Waals surface area contributed by atoms with E-state index in [2.05, 4.69) is 6.92 Å². The van der Waals surface area contributed by atoms with Crippen LogP contribution in [0.25, 0.3) is 0 Å². The van der Waals surface area contributed by atoms with Crippen molar-refractivity contribution in [3.8, 4) is 11.5 Å². The van der Waals surface area contributed by atoms with Gasteiger partial charge in [-0.15, -0.1) is 11.8 Å². The van der Waals surface area contributed by atoms with E-state index < -0.39 is 0 Å². The van der Waals surface area contributed by atoms with Gasteiger partial charge in [-0.3, -0.25) is 4.79 Å². The summed E-state index contributed by atoms with van der Waals surface area (Å²) in [6.07, 6.45) is 0.784. The summed E-state index contributed by atoms with van der Waals surface area (Å²) in [5.74, 6) is 2.38. The quantitative estimate of drug-likeness (QED) is 0.751. The number of nitrogens with zero attached hydrogens (tertiary/aromatic N) is 1. The summed E-state index contributed by atoms with van der Waals surface area (Å²) >= 11 is 1.77. The van der Waals surface area contributed by atoms with Gasteiger partial charge in [0.15, 0.2) is 11.5 Å². The Kier molecular flexibility index (Phi) is 6.09. The minimum absolute atomic E-state index is 0.0506. The zero-order valence-electron chi connectivity index (χ0n) is 15.5. The Labute approximate surface area is 159 Å². The molecule has 1 aliphatic heterocycles. The average Bonchev–Trinajstić information content (AvgIpc) is 3.18. The van der Waals surface area contributed by atoms with Crippen LogP contribution in [0.15, 0.2) is 48.5 Å². The second-order valence-electron chi connectivity index (χ2n) is 6.21. The van der Waals surface area contributed by atoms with E-state index in [0.717, 1.165) is 29.8 Å². The molecular weight excluding hydrogens is 346 g/mol. The van der Waals surface area contributed by atoms with E-state index in [1.54, 1.807) is 26.0 Å². The molecule has 2 aromatic rings. The van der Waals surface area contributed by atoms with Crippen molar-refractivity contribution in [1.82, 2.24) is 4.90 Å². The minimum Gasteiger partial charge on any atom is -0.493 e. The molecule has 5 heteroatoms. The minimum atomic E-state index is -0.117. The Morgan fingerprint density at radius 1 is 1.15 bits per heavy atom. The number of thioether (sulfide) groups is 1. The van der Waals surface area contributed by atoms with Gasteiger partial charge in [0.25, 0.3) is 0 Å². The number of para-hydroxylation sites is 1. The summed E-state index contributed by atoms with van der Waals surface area (Å²) < 4.78 is 11.0. The Hall–Kier alpha value is -2.14. The molecule has 0 radical (unpaired) electrons. The van der Waals surface area contributed by atoms with E-state index in [1.165, 1.54) is 0 Å². The topological polar surface area (TPSA) is 38.8 Å². The van der Waals surface area contributed by atoms with Gasteiger partial charge >= 0.3 is 0 Å². The highest BCUT2D eigenvalue weighted by molar-refractivity contribution is 7.99. The van der Waals surface area contributed by atoms with Gasteiger partial charge < -0.3 is 14.4 Å². The predicted molar refractivity (Wildman–Crippen MR) is 106 cm³/mol. The number of hydrogen-bond donors (Lipinski definition) is 0. The van der Waals surface area contributed by atoms with Crippen molar-refractivity contribution >= 4 is 17.7 Å². The number of amides is 1. The first-order chi connectivity index (χ1) is 12.7. The Morgan fingerprint density at radius 2 is 1.92 bits per heavy atom. The molecule has 1 heterocycles. The lowest BCUT2D eigenvalue weighted by molar-refractivity contribution is -0.133. The van der Waals surface area contributed by atoms with Crippen LogP contribution in [0.5, 0.6) is 11.5 Å². The van der Waals surface area contributed by atoms with Crippen molar-refractivity contribution < 1.29 is 14.3 Å². The van der Waals surface area contributed by atoms with Crippen LogP contribution < -0.4 is 9.47 Å². The molecule has 0 unspecified atom stereocenters. The van der Waals surface area contributed by atoms with Crippen LogP contribution in [0.4, 0.5) is 0 Å². The van der Waals surface area contributed by atoms with Gasteiger partial charge in [-0.1, -0.05) is 49.4 Å². The second kappa shape index (κ2) is 8.49. The lowest BCUT2D eigenvalue weighted by atomic mass is 9.94. The lowest BCUT2D eigenvalue weighted by Crippen LogP contribution is -2.34. The van der Waals surface area contributed by atoms with Crippen molar-refractivity contribution in [2.75, 3.05) is 26.5 Å². The fourth-order valence-electron chi connectivity index (χ4n) is 3.50. The first-order valence-electron chi connectivity index (χ1n) is 8.89. The molecule has 1 saturated heterocycles. The molecule has 138 valence electrons. The van der Waals surface area contributed by atoms with Crippen LogP contribution >= 0.6 is 11.8 Å². The Balaban J connectivity index is 1.92.